The maximum Gasteiger partial charge on any atom is 0.261 e. The molecule has 0 aliphatic rings. The summed E-state index contributed by atoms with van der Waals surface area (Å²) >= 11 is 1.34. The van der Waals surface area contributed by atoms with Crippen molar-refractivity contribution in [2.24, 2.45) is 0 Å². The van der Waals surface area contributed by atoms with Crippen molar-refractivity contribution >= 4 is 40.1 Å². The molecule has 24 heavy (non-hydrogen) atoms. The number of aromatic nitrogens is 2. The number of para-hydroxylation sites is 2. The quantitative estimate of drug-likeness (QED) is 0.748. The molecule has 0 aliphatic carbocycles. The van der Waals surface area contributed by atoms with E-state index in [0.29, 0.717) is 17.4 Å². The Hall–Kier alpha value is -2.67. The number of thiophene rings is 1. The monoisotopic (exact) mass is 342 g/mol. The Kier molecular flexibility index (Phi) is 4.61. The summed E-state index contributed by atoms with van der Waals surface area (Å²) in [4.78, 5) is 29.5. The Balaban J connectivity index is 1.73. The minimum Gasteiger partial charge on any atom is -0.340 e. The average Bonchev–Trinajstić information content (AvgIpc) is 3.22. The number of fused-ring (bicyclic) bond motifs is 1. The Morgan fingerprint density at radius 3 is 2.75 bits per heavy atom. The fraction of sp³-hybridized carbons (Fsp3) is 0.235. The second kappa shape index (κ2) is 6.84. The zero-order valence-corrected chi connectivity index (χ0v) is 14.3. The van der Waals surface area contributed by atoms with Gasteiger partial charge < -0.3 is 9.88 Å². The summed E-state index contributed by atoms with van der Waals surface area (Å²) in [7, 11) is 0. The molecule has 2 amide bonds. The van der Waals surface area contributed by atoms with Crippen molar-refractivity contribution < 1.29 is 9.59 Å². The van der Waals surface area contributed by atoms with Gasteiger partial charge >= 0.3 is 0 Å². The molecule has 0 bridgehead atoms. The number of imidazole rings is 1. The molecule has 0 aliphatic heterocycles. The van der Waals surface area contributed by atoms with Crippen molar-refractivity contribution in [3.63, 3.8) is 0 Å². The molecule has 6 nitrogen and oxygen atoms in total. The molecule has 0 saturated heterocycles. The van der Waals surface area contributed by atoms with E-state index in [0.717, 1.165) is 11.0 Å². The molecule has 3 rings (SSSR count). The van der Waals surface area contributed by atoms with E-state index >= 15 is 0 Å². The average molecular weight is 342 g/mol. The molecular weight excluding hydrogens is 324 g/mol. The maximum absolute atomic E-state index is 12.4. The minimum absolute atomic E-state index is 0.253. The normalized spacial score (nSPS) is 12.1. The lowest BCUT2D eigenvalue weighted by Gasteiger charge is -2.14. The first-order chi connectivity index (χ1) is 11.6. The van der Waals surface area contributed by atoms with Crippen molar-refractivity contribution in [1.29, 1.82) is 0 Å². The van der Waals surface area contributed by atoms with Crippen molar-refractivity contribution in [1.82, 2.24) is 14.9 Å². The van der Waals surface area contributed by atoms with Gasteiger partial charge in [-0.05, 0) is 37.4 Å². The Morgan fingerprint density at radius 2 is 2.04 bits per heavy atom. The van der Waals surface area contributed by atoms with Gasteiger partial charge in [0.25, 0.3) is 5.91 Å². The molecule has 3 aromatic rings. The number of anilines is 1. The van der Waals surface area contributed by atoms with Crippen LogP contribution in [0.5, 0.6) is 0 Å². The number of amides is 2. The van der Waals surface area contributed by atoms with Crippen LogP contribution in [0, 0.1) is 0 Å². The summed E-state index contributed by atoms with van der Waals surface area (Å²) < 4.78 is 1.93. The van der Waals surface area contributed by atoms with Crippen LogP contribution in [-0.2, 0) is 11.3 Å². The number of carbonyl (C=O) groups excluding carboxylic acids is 2. The van der Waals surface area contributed by atoms with Gasteiger partial charge in [0, 0.05) is 6.54 Å². The highest BCUT2D eigenvalue weighted by molar-refractivity contribution is 7.12. The topological polar surface area (TPSA) is 76.0 Å². The predicted octanol–water partition coefficient (Wildman–Crippen LogP) is 2.87. The lowest BCUT2D eigenvalue weighted by Crippen LogP contribution is -2.41. The van der Waals surface area contributed by atoms with E-state index in [-0.39, 0.29) is 11.8 Å². The van der Waals surface area contributed by atoms with Crippen LogP contribution in [-0.4, -0.2) is 27.4 Å². The third-order valence-corrected chi connectivity index (χ3v) is 4.56. The molecule has 0 spiro atoms. The van der Waals surface area contributed by atoms with Crippen LogP contribution in [0.3, 0.4) is 0 Å². The second-order valence-corrected chi connectivity index (χ2v) is 6.28. The van der Waals surface area contributed by atoms with Gasteiger partial charge in [0.15, 0.2) is 0 Å². The van der Waals surface area contributed by atoms with Crippen LogP contribution in [0.1, 0.15) is 23.5 Å². The van der Waals surface area contributed by atoms with E-state index in [9.17, 15) is 9.59 Å². The first-order valence-corrected chi connectivity index (χ1v) is 8.58. The van der Waals surface area contributed by atoms with Gasteiger partial charge in [0.05, 0.1) is 15.9 Å². The molecule has 0 fully saturated rings. The van der Waals surface area contributed by atoms with E-state index in [4.69, 9.17) is 0 Å². The first-order valence-electron chi connectivity index (χ1n) is 7.70. The van der Waals surface area contributed by atoms with Crippen molar-refractivity contribution in [2.75, 3.05) is 5.32 Å². The van der Waals surface area contributed by atoms with Crippen molar-refractivity contribution in [3.05, 3.63) is 46.7 Å². The fourth-order valence-corrected chi connectivity index (χ4v) is 3.08. The molecule has 2 N–H and O–H groups in total. The van der Waals surface area contributed by atoms with Crippen molar-refractivity contribution in [3.8, 4) is 0 Å². The lowest BCUT2D eigenvalue weighted by atomic mass is 10.3. The maximum atomic E-state index is 12.4. The number of carbonyl (C=O) groups is 2. The van der Waals surface area contributed by atoms with Gasteiger partial charge in [0.2, 0.25) is 11.9 Å². The molecule has 0 unspecified atom stereocenters. The van der Waals surface area contributed by atoms with Gasteiger partial charge in [-0.25, -0.2) is 4.98 Å². The Labute approximate surface area is 143 Å². The van der Waals surface area contributed by atoms with Gasteiger partial charge in [0.1, 0.15) is 6.04 Å². The molecule has 7 heteroatoms. The smallest absolute Gasteiger partial charge is 0.261 e. The van der Waals surface area contributed by atoms with Crippen LogP contribution < -0.4 is 10.6 Å². The Morgan fingerprint density at radius 1 is 1.25 bits per heavy atom. The van der Waals surface area contributed by atoms with E-state index in [1.165, 1.54) is 11.3 Å². The zero-order valence-electron chi connectivity index (χ0n) is 13.4. The summed E-state index contributed by atoms with van der Waals surface area (Å²) in [5, 5.41) is 7.32. The number of hydrogen-bond acceptors (Lipinski definition) is 4. The molecular formula is C17H18N4O2S. The molecule has 1 atom stereocenters. The van der Waals surface area contributed by atoms with Crippen molar-refractivity contribution in [2.45, 2.75) is 26.4 Å². The van der Waals surface area contributed by atoms with E-state index in [1.807, 2.05) is 41.1 Å². The first kappa shape index (κ1) is 16.2. The third-order valence-electron chi connectivity index (χ3n) is 3.69. The summed E-state index contributed by atoms with van der Waals surface area (Å²) in [5.74, 6) is -0.0671. The largest absolute Gasteiger partial charge is 0.340 e. The molecule has 2 aromatic heterocycles. The number of hydrogen-bond donors (Lipinski definition) is 2. The number of benzene rings is 1. The second-order valence-electron chi connectivity index (χ2n) is 5.33. The van der Waals surface area contributed by atoms with Gasteiger partial charge in [-0.15, -0.1) is 11.3 Å². The Bertz CT molecular complexity index is 870. The highest BCUT2D eigenvalue weighted by Gasteiger charge is 2.19. The van der Waals surface area contributed by atoms with Crippen LogP contribution in [0.4, 0.5) is 5.95 Å². The highest BCUT2D eigenvalue weighted by Crippen LogP contribution is 2.19. The number of nitrogens with one attached hydrogen (secondary N) is 2. The van der Waals surface area contributed by atoms with Crippen LogP contribution >= 0.6 is 11.3 Å². The van der Waals surface area contributed by atoms with Crippen LogP contribution in [0.2, 0.25) is 0 Å². The van der Waals surface area contributed by atoms with Gasteiger partial charge in [-0.2, -0.15) is 0 Å². The van der Waals surface area contributed by atoms with Crippen LogP contribution in [0.25, 0.3) is 11.0 Å². The van der Waals surface area contributed by atoms with E-state index in [1.54, 1.807) is 19.1 Å². The zero-order chi connectivity index (χ0) is 17.1. The van der Waals surface area contributed by atoms with Crippen LogP contribution in [0.15, 0.2) is 41.8 Å². The summed E-state index contributed by atoms with van der Waals surface area (Å²) in [6.45, 7) is 4.33. The SMILES string of the molecule is CCn1c(NC(=O)[C@@H](C)NC(=O)c2cccs2)nc2ccccc21. The molecule has 1 aromatic carbocycles. The minimum atomic E-state index is -0.662. The predicted molar refractivity (Wildman–Crippen MR) is 95.3 cm³/mol. The number of nitrogens with zero attached hydrogens (tertiary/aromatic N) is 2. The number of aryl methyl sites for hydroxylation is 1. The molecule has 124 valence electrons. The number of rotatable bonds is 5. The lowest BCUT2D eigenvalue weighted by molar-refractivity contribution is -0.117. The standard InChI is InChI=1S/C17H18N4O2S/c1-3-21-13-8-5-4-7-12(13)19-17(21)20-15(22)11(2)18-16(23)14-9-6-10-24-14/h4-11H,3H2,1-2H3,(H,18,23)(H,19,20,22)/t11-/m1/s1. The fourth-order valence-electron chi connectivity index (χ4n) is 2.45. The summed E-state index contributed by atoms with van der Waals surface area (Å²) in [5.41, 5.74) is 1.79. The molecule has 0 radical (unpaired) electrons. The van der Waals surface area contributed by atoms with E-state index in [2.05, 4.69) is 15.6 Å². The summed E-state index contributed by atoms with van der Waals surface area (Å²) in [6, 6.07) is 10.6. The molecule has 2 heterocycles. The third kappa shape index (κ3) is 3.16. The highest BCUT2D eigenvalue weighted by atomic mass is 32.1. The van der Waals surface area contributed by atoms with Gasteiger partial charge in [-0.3, -0.25) is 14.9 Å². The van der Waals surface area contributed by atoms with Gasteiger partial charge in [-0.1, -0.05) is 18.2 Å². The van der Waals surface area contributed by atoms with E-state index < -0.39 is 6.04 Å². The summed E-state index contributed by atoms with van der Waals surface area (Å²) in [6.07, 6.45) is 0. The molecule has 0 saturated carbocycles.